The van der Waals surface area contributed by atoms with Gasteiger partial charge in [0.1, 0.15) is 0 Å². The Bertz CT molecular complexity index is 213. The topological polar surface area (TPSA) is 49.5 Å². The van der Waals surface area contributed by atoms with E-state index in [1.807, 2.05) is 38.2 Å². The number of nitrogens with zero attached hydrogens (tertiary/aromatic N) is 1. The Balaban J connectivity index is 2.82. The number of rotatable bonds is 2. The monoisotopic (exact) mass is 168 g/mol. The maximum atomic E-state index is 9.58. The number of likely N-dealkylation sites (N-methyl/N-ethyl adjacent to an activating group) is 1. The Morgan fingerprint density at radius 1 is 1.58 bits per heavy atom. The lowest BCUT2D eigenvalue weighted by Crippen LogP contribution is -2.55. The van der Waals surface area contributed by atoms with E-state index in [1.54, 1.807) is 0 Å². The van der Waals surface area contributed by atoms with Crippen LogP contribution in [0.25, 0.3) is 0 Å². The smallest absolute Gasteiger partial charge is 0.0800 e. The zero-order valence-corrected chi connectivity index (χ0v) is 7.57. The van der Waals surface area contributed by atoms with Crippen molar-refractivity contribution >= 4 is 0 Å². The predicted octanol–water partition coefficient (Wildman–Crippen LogP) is 0.909. The standard InChI is InChI=1S/C9H16N2O/c1-3-11(12)9(2)7-5-4-6-8(9)10/h4-8,12H,3,10H2,1-2H3. The van der Waals surface area contributed by atoms with Gasteiger partial charge in [0.25, 0.3) is 0 Å². The second kappa shape index (κ2) is 3.39. The van der Waals surface area contributed by atoms with Gasteiger partial charge in [0, 0.05) is 12.6 Å². The molecule has 0 saturated heterocycles. The van der Waals surface area contributed by atoms with Crippen LogP contribution in [0.3, 0.4) is 0 Å². The molecule has 0 heterocycles. The number of allylic oxidation sites excluding steroid dienone is 2. The Hall–Kier alpha value is -0.640. The molecule has 3 N–H and O–H groups in total. The Labute approximate surface area is 73.1 Å². The lowest BCUT2D eigenvalue weighted by atomic mass is 9.88. The molecule has 1 aliphatic carbocycles. The van der Waals surface area contributed by atoms with E-state index < -0.39 is 5.54 Å². The van der Waals surface area contributed by atoms with E-state index in [0.29, 0.717) is 6.54 Å². The second-order valence-electron chi connectivity index (χ2n) is 3.21. The van der Waals surface area contributed by atoms with Crippen molar-refractivity contribution in [1.29, 1.82) is 0 Å². The van der Waals surface area contributed by atoms with Crippen LogP contribution in [0.4, 0.5) is 0 Å². The van der Waals surface area contributed by atoms with Gasteiger partial charge in [0.05, 0.1) is 5.54 Å². The summed E-state index contributed by atoms with van der Waals surface area (Å²) in [5, 5.41) is 10.8. The molecule has 0 aliphatic heterocycles. The molecule has 1 rings (SSSR count). The molecule has 1 aliphatic rings. The third kappa shape index (κ3) is 1.43. The van der Waals surface area contributed by atoms with Gasteiger partial charge in [-0.3, -0.25) is 0 Å². The summed E-state index contributed by atoms with van der Waals surface area (Å²) < 4.78 is 0. The van der Waals surface area contributed by atoms with Gasteiger partial charge in [-0.1, -0.05) is 31.2 Å². The van der Waals surface area contributed by atoms with Crippen molar-refractivity contribution in [3.05, 3.63) is 24.3 Å². The maximum Gasteiger partial charge on any atom is 0.0800 e. The average molecular weight is 168 g/mol. The molecule has 2 atom stereocenters. The first-order chi connectivity index (χ1) is 5.61. The first-order valence-corrected chi connectivity index (χ1v) is 4.19. The van der Waals surface area contributed by atoms with Crippen molar-refractivity contribution in [2.24, 2.45) is 5.73 Å². The van der Waals surface area contributed by atoms with E-state index in [2.05, 4.69) is 0 Å². The fourth-order valence-electron chi connectivity index (χ4n) is 1.34. The number of hydroxylamine groups is 2. The van der Waals surface area contributed by atoms with Crippen molar-refractivity contribution < 1.29 is 5.21 Å². The summed E-state index contributed by atoms with van der Waals surface area (Å²) >= 11 is 0. The summed E-state index contributed by atoms with van der Waals surface area (Å²) in [7, 11) is 0. The molecule has 2 unspecified atom stereocenters. The highest BCUT2D eigenvalue weighted by Gasteiger charge is 2.33. The van der Waals surface area contributed by atoms with E-state index in [9.17, 15) is 5.21 Å². The van der Waals surface area contributed by atoms with Gasteiger partial charge in [0.2, 0.25) is 0 Å². The van der Waals surface area contributed by atoms with Crippen LogP contribution in [0, 0.1) is 0 Å². The van der Waals surface area contributed by atoms with Crippen LogP contribution in [-0.4, -0.2) is 28.4 Å². The summed E-state index contributed by atoms with van der Waals surface area (Å²) in [4.78, 5) is 0. The van der Waals surface area contributed by atoms with Crippen LogP contribution in [0.15, 0.2) is 24.3 Å². The quantitative estimate of drug-likeness (QED) is 0.602. The molecule has 0 spiro atoms. The zero-order valence-electron chi connectivity index (χ0n) is 7.57. The summed E-state index contributed by atoms with van der Waals surface area (Å²) in [6.45, 7) is 4.38. The van der Waals surface area contributed by atoms with E-state index in [1.165, 1.54) is 5.06 Å². The van der Waals surface area contributed by atoms with Crippen molar-refractivity contribution in [2.45, 2.75) is 25.4 Å². The molecular weight excluding hydrogens is 152 g/mol. The largest absolute Gasteiger partial charge is 0.323 e. The zero-order chi connectivity index (χ0) is 9.19. The van der Waals surface area contributed by atoms with Crippen LogP contribution in [0.2, 0.25) is 0 Å². The molecule has 3 nitrogen and oxygen atoms in total. The normalized spacial score (nSPS) is 34.6. The summed E-state index contributed by atoms with van der Waals surface area (Å²) in [6, 6.07) is -0.146. The van der Waals surface area contributed by atoms with Crippen molar-refractivity contribution in [3.63, 3.8) is 0 Å². The second-order valence-corrected chi connectivity index (χ2v) is 3.21. The van der Waals surface area contributed by atoms with Gasteiger partial charge >= 0.3 is 0 Å². The fraction of sp³-hybridized carbons (Fsp3) is 0.556. The third-order valence-electron chi connectivity index (χ3n) is 2.39. The van der Waals surface area contributed by atoms with E-state index >= 15 is 0 Å². The molecule has 68 valence electrons. The number of hydrogen-bond acceptors (Lipinski definition) is 3. The molecule has 0 aromatic rings. The lowest BCUT2D eigenvalue weighted by Gasteiger charge is -2.38. The van der Waals surface area contributed by atoms with Crippen molar-refractivity contribution in [3.8, 4) is 0 Å². The predicted molar refractivity (Wildman–Crippen MR) is 48.8 cm³/mol. The molecule has 12 heavy (non-hydrogen) atoms. The van der Waals surface area contributed by atoms with Crippen LogP contribution >= 0.6 is 0 Å². The first-order valence-electron chi connectivity index (χ1n) is 4.19. The maximum absolute atomic E-state index is 9.58. The third-order valence-corrected chi connectivity index (χ3v) is 2.39. The molecule has 3 heteroatoms. The molecule has 0 aromatic carbocycles. The molecule has 0 saturated carbocycles. The van der Waals surface area contributed by atoms with E-state index in [0.717, 1.165) is 0 Å². The van der Waals surface area contributed by atoms with Gasteiger partial charge in [0.15, 0.2) is 0 Å². The average Bonchev–Trinajstić information content (AvgIpc) is 2.09. The van der Waals surface area contributed by atoms with Gasteiger partial charge < -0.3 is 10.9 Å². The Kier molecular flexibility index (Phi) is 2.67. The highest BCUT2D eigenvalue weighted by atomic mass is 16.5. The fourth-order valence-corrected chi connectivity index (χ4v) is 1.34. The lowest BCUT2D eigenvalue weighted by molar-refractivity contribution is -0.150. The van der Waals surface area contributed by atoms with Crippen LogP contribution < -0.4 is 5.73 Å². The van der Waals surface area contributed by atoms with Gasteiger partial charge in [-0.25, -0.2) is 0 Å². The Morgan fingerprint density at radius 2 is 2.25 bits per heavy atom. The minimum Gasteiger partial charge on any atom is -0.323 e. The molecule has 0 fully saturated rings. The minimum absolute atomic E-state index is 0.146. The van der Waals surface area contributed by atoms with Gasteiger partial charge in [-0.2, -0.15) is 5.06 Å². The minimum atomic E-state index is -0.455. The van der Waals surface area contributed by atoms with Crippen LogP contribution in [-0.2, 0) is 0 Å². The van der Waals surface area contributed by atoms with Crippen LogP contribution in [0.5, 0.6) is 0 Å². The van der Waals surface area contributed by atoms with Gasteiger partial charge in [-0.15, -0.1) is 0 Å². The van der Waals surface area contributed by atoms with E-state index in [4.69, 9.17) is 5.73 Å². The Morgan fingerprint density at radius 3 is 2.75 bits per heavy atom. The summed E-state index contributed by atoms with van der Waals surface area (Å²) in [5.74, 6) is 0. The number of nitrogens with two attached hydrogens (primary N) is 1. The highest BCUT2D eigenvalue weighted by Crippen LogP contribution is 2.22. The first kappa shape index (κ1) is 9.45. The summed E-state index contributed by atoms with van der Waals surface area (Å²) in [5.41, 5.74) is 5.40. The molecule has 0 bridgehead atoms. The van der Waals surface area contributed by atoms with Crippen molar-refractivity contribution in [1.82, 2.24) is 5.06 Å². The van der Waals surface area contributed by atoms with Crippen molar-refractivity contribution in [2.75, 3.05) is 6.54 Å². The molecular formula is C9H16N2O. The van der Waals surface area contributed by atoms with Crippen LogP contribution in [0.1, 0.15) is 13.8 Å². The van der Waals surface area contributed by atoms with E-state index in [-0.39, 0.29) is 6.04 Å². The molecule has 0 radical (unpaired) electrons. The SMILES string of the molecule is CCN(O)C1(C)C=CC=CC1N. The molecule has 0 aromatic heterocycles. The molecule has 0 amide bonds. The summed E-state index contributed by atoms with van der Waals surface area (Å²) in [6.07, 6.45) is 7.61. The number of hydrogen-bond donors (Lipinski definition) is 2. The highest BCUT2D eigenvalue weighted by molar-refractivity contribution is 5.25. The van der Waals surface area contributed by atoms with Gasteiger partial charge in [-0.05, 0) is 6.92 Å².